The van der Waals surface area contributed by atoms with E-state index in [4.69, 9.17) is 0 Å². The molecule has 0 spiro atoms. The van der Waals surface area contributed by atoms with E-state index < -0.39 is 0 Å². The van der Waals surface area contributed by atoms with Crippen molar-refractivity contribution in [3.63, 3.8) is 0 Å². The summed E-state index contributed by atoms with van der Waals surface area (Å²) in [5.41, 5.74) is 4.07. The van der Waals surface area contributed by atoms with Crippen LogP contribution in [0.5, 0.6) is 5.75 Å². The van der Waals surface area contributed by atoms with Crippen LogP contribution in [-0.2, 0) is 5.41 Å². The van der Waals surface area contributed by atoms with Gasteiger partial charge in [0.05, 0.1) is 0 Å². The molecular formula is C23H20O2. The molecule has 0 heterocycles. The van der Waals surface area contributed by atoms with Gasteiger partial charge in [0.1, 0.15) is 5.75 Å². The number of carbonyl (C=O) groups excluding carboxylic acids is 1. The first-order valence-corrected chi connectivity index (χ1v) is 8.57. The molecule has 2 atom stereocenters. The first-order valence-electron chi connectivity index (χ1n) is 8.57. The maximum atomic E-state index is 12.5. The monoisotopic (exact) mass is 328 g/mol. The summed E-state index contributed by atoms with van der Waals surface area (Å²) < 4.78 is 0. The minimum absolute atomic E-state index is 0.0595. The van der Waals surface area contributed by atoms with E-state index >= 15 is 0 Å². The van der Waals surface area contributed by atoms with Crippen LogP contribution in [0.25, 0.3) is 0 Å². The number of rotatable bonds is 4. The van der Waals surface area contributed by atoms with Crippen molar-refractivity contribution in [2.75, 3.05) is 0 Å². The van der Waals surface area contributed by atoms with E-state index in [-0.39, 0.29) is 11.2 Å². The molecule has 0 amide bonds. The molecule has 3 aromatic carbocycles. The highest BCUT2D eigenvalue weighted by molar-refractivity contribution is 6.08. The summed E-state index contributed by atoms with van der Waals surface area (Å²) in [6.45, 7) is 2.26. The third-order valence-electron chi connectivity index (χ3n) is 5.38. The Labute approximate surface area is 147 Å². The molecule has 2 unspecified atom stereocenters. The normalized spacial score (nSPS) is 21.7. The van der Waals surface area contributed by atoms with Crippen LogP contribution in [0.4, 0.5) is 0 Å². The van der Waals surface area contributed by atoms with Gasteiger partial charge in [0.25, 0.3) is 0 Å². The number of benzene rings is 3. The number of phenolic OH excluding ortho intramolecular Hbond substituents is 1. The van der Waals surface area contributed by atoms with Crippen LogP contribution in [0.3, 0.4) is 0 Å². The van der Waals surface area contributed by atoms with Gasteiger partial charge >= 0.3 is 0 Å². The second-order valence-electron chi connectivity index (χ2n) is 7.04. The summed E-state index contributed by atoms with van der Waals surface area (Å²) in [6, 6.07) is 24.9. The van der Waals surface area contributed by atoms with E-state index in [1.807, 2.05) is 54.6 Å². The molecule has 4 rings (SSSR count). The van der Waals surface area contributed by atoms with Crippen LogP contribution >= 0.6 is 0 Å². The Kier molecular flexibility index (Phi) is 3.69. The first kappa shape index (κ1) is 15.6. The largest absolute Gasteiger partial charge is 0.508 e. The van der Waals surface area contributed by atoms with Crippen LogP contribution in [0.2, 0.25) is 0 Å². The minimum atomic E-state index is 0.0595. The maximum Gasteiger partial charge on any atom is 0.193 e. The molecule has 1 saturated carbocycles. The van der Waals surface area contributed by atoms with Crippen LogP contribution in [0.1, 0.15) is 46.3 Å². The van der Waals surface area contributed by atoms with Crippen molar-refractivity contribution in [2.45, 2.75) is 24.7 Å². The topological polar surface area (TPSA) is 37.3 Å². The smallest absolute Gasteiger partial charge is 0.193 e. The average Bonchev–Trinajstić information content (AvgIpc) is 3.35. The summed E-state index contributed by atoms with van der Waals surface area (Å²) in [5.74, 6) is 0.815. The molecule has 1 aliphatic rings. The van der Waals surface area contributed by atoms with E-state index in [9.17, 15) is 9.90 Å². The van der Waals surface area contributed by atoms with Gasteiger partial charge in [-0.2, -0.15) is 0 Å². The third kappa shape index (κ3) is 2.85. The van der Waals surface area contributed by atoms with Crippen LogP contribution < -0.4 is 0 Å². The molecule has 3 aromatic rings. The number of hydrogen-bond donors (Lipinski definition) is 1. The number of aromatic hydroxyl groups is 1. The van der Waals surface area contributed by atoms with Crippen LogP contribution in [-0.4, -0.2) is 10.9 Å². The molecule has 1 N–H and O–H groups in total. The molecule has 2 heteroatoms. The Morgan fingerprint density at radius 3 is 2.12 bits per heavy atom. The minimum Gasteiger partial charge on any atom is -0.508 e. The van der Waals surface area contributed by atoms with Crippen molar-refractivity contribution in [1.82, 2.24) is 0 Å². The third-order valence-corrected chi connectivity index (χ3v) is 5.38. The van der Waals surface area contributed by atoms with Gasteiger partial charge < -0.3 is 5.11 Å². The standard InChI is InChI=1S/C23H20O2/c1-23(19-11-13-20(24)14-12-19)15-21(23)16-7-9-18(10-8-16)22(25)17-5-3-2-4-6-17/h2-14,21,24H,15H2,1H3. The van der Waals surface area contributed by atoms with Gasteiger partial charge in [-0.15, -0.1) is 0 Å². The van der Waals surface area contributed by atoms with E-state index in [0.717, 1.165) is 17.5 Å². The summed E-state index contributed by atoms with van der Waals surface area (Å²) in [4.78, 5) is 12.5. The molecule has 0 aliphatic heterocycles. The Morgan fingerprint density at radius 1 is 0.880 bits per heavy atom. The van der Waals surface area contributed by atoms with Crippen LogP contribution in [0, 0.1) is 0 Å². The highest BCUT2D eigenvalue weighted by Crippen LogP contribution is 2.60. The molecule has 25 heavy (non-hydrogen) atoms. The zero-order chi connectivity index (χ0) is 17.4. The highest BCUT2D eigenvalue weighted by atomic mass is 16.3. The second-order valence-corrected chi connectivity index (χ2v) is 7.04. The van der Waals surface area contributed by atoms with Crippen molar-refractivity contribution in [3.05, 3.63) is 101 Å². The van der Waals surface area contributed by atoms with Crippen molar-refractivity contribution in [2.24, 2.45) is 0 Å². The van der Waals surface area contributed by atoms with E-state index in [0.29, 0.717) is 11.7 Å². The van der Waals surface area contributed by atoms with Gasteiger partial charge in [0.15, 0.2) is 5.78 Å². The predicted octanol–water partition coefficient (Wildman–Crippen LogP) is 5.07. The van der Waals surface area contributed by atoms with E-state index in [2.05, 4.69) is 19.1 Å². The summed E-state index contributed by atoms with van der Waals surface area (Å²) in [7, 11) is 0. The second kappa shape index (κ2) is 5.89. The number of phenols is 1. The number of ketones is 1. The summed E-state index contributed by atoms with van der Waals surface area (Å²) >= 11 is 0. The molecule has 2 nitrogen and oxygen atoms in total. The van der Waals surface area contributed by atoms with Crippen molar-refractivity contribution in [1.29, 1.82) is 0 Å². The fraction of sp³-hybridized carbons (Fsp3) is 0.174. The molecule has 0 aromatic heterocycles. The lowest BCUT2D eigenvalue weighted by Gasteiger charge is -2.12. The lowest BCUT2D eigenvalue weighted by atomic mass is 9.92. The van der Waals surface area contributed by atoms with Gasteiger partial charge in [0, 0.05) is 11.1 Å². The first-order chi connectivity index (χ1) is 12.1. The molecular weight excluding hydrogens is 308 g/mol. The average molecular weight is 328 g/mol. The Hall–Kier alpha value is -2.87. The fourth-order valence-electron chi connectivity index (χ4n) is 3.64. The van der Waals surface area contributed by atoms with Gasteiger partial charge in [-0.25, -0.2) is 0 Å². The molecule has 1 aliphatic carbocycles. The lowest BCUT2D eigenvalue weighted by molar-refractivity contribution is 0.103. The predicted molar refractivity (Wildman–Crippen MR) is 99.1 cm³/mol. The fourth-order valence-corrected chi connectivity index (χ4v) is 3.64. The molecule has 0 saturated heterocycles. The van der Waals surface area contributed by atoms with Gasteiger partial charge in [-0.05, 0) is 41.0 Å². The molecule has 0 bridgehead atoms. The quantitative estimate of drug-likeness (QED) is 0.679. The Bertz CT molecular complexity index is 895. The molecule has 1 fully saturated rings. The van der Waals surface area contributed by atoms with Crippen LogP contribution in [0.15, 0.2) is 78.9 Å². The zero-order valence-electron chi connectivity index (χ0n) is 14.1. The van der Waals surface area contributed by atoms with Crippen molar-refractivity contribution < 1.29 is 9.90 Å². The zero-order valence-corrected chi connectivity index (χ0v) is 14.1. The molecule has 124 valence electrons. The SMILES string of the molecule is CC1(c2ccc(O)cc2)CC1c1ccc(C(=O)c2ccccc2)cc1. The van der Waals surface area contributed by atoms with E-state index in [1.54, 1.807) is 12.1 Å². The van der Waals surface area contributed by atoms with Gasteiger partial charge in [-0.3, -0.25) is 4.79 Å². The lowest BCUT2D eigenvalue weighted by Crippen LogP contribution is -2.04. The highest BCUT2D eigenvalue weighted by Gasteiger charge is 2.51. The number of carbonyl (C=O) groups is 1. The Morgan fingerprint density at radius 2 is 1.48 bits per heavy atom. The van der Waals surface area contributed by atoms with Crippen molar-refractivity contribution in [3.8, 4) is 5.75 Å². The van der Waals surface area contributed by atoms with E-state index in [1.165, 1.54) is 11.1 Å². The summed E-state index contributed by atoms with van der Waals surface area (Å²) in [5, 5.41) is 9.47. The molecule has 0 radical (unpaired) electrons. The maximum absolute atomic E-state index is 12.5. The van der Waals surface area contributed by atoms with Crippen molar-refractivity contribution >= 4 is 5.78 Å². The summed E-state index contributed by atoms with van der Waals surface area (Å²) in [6.07, 6.45) is 1.09. The van der Waals surface area contributed by atoms with Gasteiger partial charge in [-0.1, -0.05) is 73.7 Å². The Balaban J connectivity index is 1.54. The van der Waals surface area contributed by atoms with Gasteiger partial charge in [0.2, 0.25) is 0 Å². The number of hydrogen-bond acceptors (Lipinski definition) is 2.